The number of hydrogen-bond acceptors (Lipinski definition) is 6. The molecule has 0 aliphatic carbocycles. The molecule has 0 amide bonds. The summed E-state index contributed by atoms with van der Waals surface area (Å²) in [6.45, 7) is 3.90. The molecule has 2 aromatic carbocycles. The normalized spacial score (nSPS) is 16.5. The quantitative estimate of drug-likeness (QED) is 0.527. The topological polar surface area (TPSA) is 60.4 Å². The van der Waals surface area contributed by atoms with Crippen LogP contribution < -0.4 is 18.9 Å². The van der Waals surface area contributed by atoms with Crippen LogP contribution in [0.2, 0.25) is 0 Å². The zero-order valence-corrected chi connectivity index (χ0v) is 19.7. The van der Waals surface area contributed by atoms with Gasteiger partial charge in [-0.3, -0.25) is 0 Å². The number of unbranched alkanes of at least 4 members (excludes halogenated alkanes) is 2. The number of hydrogen-bond donors (Lipinski definition) is 1. The number of piperidine rings is 1. The Bertz CT molecular complexity index is 950. The summed E-state index contributed by atoms with van der Waals surface area (Å²) in [6.07, 6.45) is 8.00. The van der Waals surface area contributed by atoms with Crippen molar-refractivity contribution >= 4 is 5.76 Å². The minimum Gasteiger partial charge on any atom is -0.494 e. The first-order chi connectivity index (χ1) is 16.2. The fourth-order valence-corrected chi connectivity index (χ4v) is 4.38. The molecule has 0 unspecified atom stereocenters. The van der Waals surface area contributed by atoms with E-state index in [-0.39, 0.29) is 6.10 Å². The minimum absolute atomic E-state index is 0.0929. The van der Waals surface area contributed by atoms with Gasteiger partial charge in [0.2, 0.25) is 0 Å². The number of allylic oxidation sites excluding steroid dienone is 1. The SMILES string of the molecule is COc1ccc(C2=CCc3cc(OCCCCCN4CCC(O)CC4)ccc3O2)cc1OC. The monoisotopic (exact) mass is 453 g/mol. The Kier molecular flexibility index (Phi) is 8.13. The van der Waals surface area contributed by atoms with E-state index in [2.05, 4.69) is 17.0 Å². The zero-order valence-electron chi connectivity index (χ0n) is 19.7. The summed E-state index contributed by atoms with van der Waals surface area (Å²) < 4.78 is 22.9. The molecule has 1 fully saturated rings. The molecule has 4 rings (SSSR count). The molecule has 2 aliphatic rings. The van der Waals surface area contributed by atoms with Crippen LogP contribution in [0.3, 0.4) is 0 Å². The average molecular weight is 454 g/mol. The highest BCUT2D eigenvalue weighted by Crippen LogP contribution is 2.36. The second-order valence-electron chi connectivity index (χ2n) is 8.70. The van der Waals surface area contributed by atoms with Crippen LogP contribution in [-0.4, -0.2) is 56.6 Å². The first-order valence-corrected chi connectivity index (χ1v) is 11.9. The molecule has 0 atom stereocenters. The molecular formula is C27H35NO5. The third-order valence-corrected chi connectivity index (χ3v) is 6.37. The summed E-state index contributed by atoms with van der Waals surface area (Å²) in [6, 6.07) is 11.8. The summed E-state index contributed by atoms with van der Waals surface area (Å²) in [5, 5.41) is 9.59. The predicted molar refractivity (Wildman–Crippen MR) is 129 cm³/mol. The Balaban J connectivity index is 1.23. The Morgan fingerprint density at radius 2 is 1.79 bits per heavy atom. The molecule has 6 nitrogen and oxygen atoms in total. The van der Waals surface area contributed by atoms with Crippen molar-refractivity contribution < 1.29 is 24.1 Å². The van der Waals surface area contributed by atoms with Crippen LogP contribution in [0.1, 0.15) is 43.2 Å². The number of aliphatic hydroxyl groups is 1. The lowest BCUT2D eigenvalue weighted by Gasteiger charge is -2.29. The van der Waals surface area contributed by atoms with E-state index in [1.54, 1.807) is 14.2 Å². The van der Waals surface area contributed by atoms with Gasteiger partial charge in [0.15, 0.2) is 11.5 Å². The van der Waals surface area contributed by atoms with Gasteiger partial charge in [0.05, 0.1) is 26.9 Å². The predicted octanol–water partition coefficient (Wildman–Crippen LogP) is 4.69. The third-order valence-electron chi connectivity index (χ3n) is 6.37. The van der Waals surface area contributed by atoms with E-state index in [1.807, 2.05) is 30.3 Å². The maximum Gasteiger partial charge on any atom is 0.161 e. The summed E-state index contributed by atoms with van der Waals surface area (Å²) in [4.78, 5) is 2.46. The number of benzene rings is 2. The second kappa shape index (κ2) is 11.4. The summed E-state index contributed by atoms with van der Waals surface area (Å²) >= 11 is 0. The summed E-state index contributed by atoms with van der Waals surface area (Å²) in [5.41, 5.74) is 2.09. The maximum absolute atomic E-state index is 9.59. The van der Waals surface area contributed by atoms with Gasteiger partial charge in [0.1, 0.15) is 17.3 Å². The lowest BCUT2D eigenvalue weighted by Crippen LogP contribution is -2.36. The molecule has 178 valence electrons. The van der Waals surface area contributed by atoms with Crippen LogP contribution in [0, 0.1) is 0 Å². The largest absolute Gasteiger partial charge is 0.494 e. The smallest absolute Gasteiger partial charge is 0.161 e. The number of fused-ring (bicyclic) bond motifs is 1. The fraction of sp³-hybridized carbons (Fsp3) is 0.481. The van der Waals surface area contributed by atoms with Gasteiger partial charge in [-0.1, -0.05) is 0 Å². The minimum atomic E-state index is -0.0929. The fourth-order valence-electron chi connectivity index (χ4n) is 4.38. The van der Waals surface area contributed by atoms with Crippen molar-refractivity contribution in [2.45, 2.75) is 44.6 Å². The molecule has 0 radical (unpaired) electrons. The van der Waals surface area contributed by atoms with E-state index >= 15 is 0 Å². The van der Waals surface area contributed by atoms with Gasteiger partial charge in [0, 0.05) is 24.2 Å². The highest BCUT2D eigenvalue weighted by Gasteiger charge is 2.17. The zero-order chi connectivity index (χ0) is 23.0. The lowest BCUT2D eigenvalue weighted by molar-refractivity contribution is 0.0816. The molecule has 6 heteroatoms. The van der Waals surface area contributed by atoms with E-state index in [0.29, 0.717) is 11.5 Å². The number of aliphatic hydroxyl groups excluding tert-OH is 1. The van der Waals surface area contributed by atoms with Crippen LogP contribution in [-0.2, 0) is 6.42 Å². The van der Waals surface area contributed by atoms with Crippen molar-refractivity contribution in [3.8, 4) is 23.0 Å². The first kappa shape index (κ1) is 23.5. The number of methoxy groups -OCH3 is 2. The molecule has 2 aromatic rings. The van der Waals surface area contributed by atoms with Crippen molar-refractivity contribution in [1.29, 1.82) is 0 Å². The first-order valence-electron chi connectivity index (χ1n) is 11.9. The van der Waals surface area contributed by atoms with Crippen LogP contribution in [0.25, 0.3) is 5.76 Å². The Labute approximate surface area is 196 Å². The van der Waals surface area contributed by atoms with E-state index in [9.17, 15) is 5.11 Å². The summed E-state index contributed by atoms with van der Waals surface area (Å²) in [7, 11) is 3.27. The van der Waals surface area contributed by atoms with Crippen molar-refractivity contribution in [3.63, 3.8) is 0 Å². The van der Waals surface area contributed by atoms with Crippen LogP contribution in [0.15, 0.2) is 42.5 Å². The van der Waals surface area contributed by atoms with Crippen molar-refractivity contribution in [2.75, 3.05) is 40.5 Å². The Morgan fingerprint density at radius 3 is 2.58 bits per heavy atom. The molecule has 0 aromatic heterocycles. The van der Waals surface area contributed by atoms with Crippen LogP contribution in [0.4, 0.5) is 0 Å². The van der Waals surface area contributed by atoms with Gasteiger partial charge in [0.25, 0.3) is 0 Å². The van der Waals surface area contributed by atoms with Gasteiger partial charge in [-0.15, -0.1) is 0 Å². The molecule has 0 saturated carbocycles. The average Bonchev–Trinajstić information content (AvgIpc) is 2.86. The molecule has 33 heavy (non-hydrogen) atoms. The van der Waals surface area contributed by atoms with E-state index < -0.39 is 0 Å². The number of ether oxygens (including phenoxy) is 4. The third kappa shape index (κ3) is 6.21. The highest BCUT2D eigenvalue weighted by molar-refractivity contribution is 5.68. The molecular weight excluding hydrogens is 418 g/mol. The molecule has 0 spiro atoms. The van der Waals surface area contributed by atoms with Gasteiger partial charge in [-0.25, -0.2) is 0 Å². The standard InChI is InChI=1S/C27H35NO5/c1-30-26-10-7-21(19-27(26)31-2)24-9-6-20-18-23(8-11-25(20)33-24)32-17-5-3-4-14-28-15-12-22(29)13-16-28/h7-11,18-19,22,29H,3-6,12-17H2,1-2H3. The van der Waals surface area contributed by atoms with Gasteiger partial charge in [-0.2, -0.15) is 0 Å². The summed E-state index contributed by atoms with van der Waals surface area (Å²) in [5.74, 6) is 3.96. The second-order valence-corrected chi connectivity index (χ2v) is 8.70. The van der Waals surface area contributed by atoms with Gasteiger partial charge in [-0.05, 0) is 87.5 Å². The maximum atomic E-state index is 9.59. The molecule has 2 heterocycles. The van der Waals surface area contributed by atoms with Gasteiger partial charge < -0.3 is 29.0 Å². The van der Waals surface area contributed by atoms with Crippen molar-refractivity contribution in [3.05, 3.63) is 53.6 Å². The number of likely N-dealkylation sites (tertiary alicyclic amines) is 1. The molecule has 1 saturated heterocycles. The van der Waals surface area contributed by atoms with Gasteiger partial charge >= 0.3 is 0 Å². The molecule has 2 aliphatic heterocycles. The highest BCUT2D eigenvalue weighted by atomic mass is 16.5. The van der Waals surface area contributed by atoms with E-state index in [1.165, 1.54) is 6.42 Å². The van der Waals surface area contributed by atoms with Crippen molar-refractivity contribution in [1.82, 2.24) is 4.90 Å². The number of nitrogens with zero attached hydrogens (tertiary/aromatic N) is 1. The van der Waals surface area contributed by atoms with Crippen LogP contribution >= 0.6 is 0 Å². The van der Waals surface area contributed by atoms with E-state index in [4.69, 9.17) is 18.9 Å². The molecule has 0 bridgehead atoms. The Morgan fingerprint density at radius 1 is 0.970 bits per heavy atom. The van der Waals surface area contributed by atoms with E-state index in [0.717, 1.165) is 86.7 Å². The lowest BCUT2D eigenvalue weighted by atomic mass is 10.0. The number of rotatable bonds is 10. The van der Waals surface area contributed by atoms with Crippen LogP contribution in [0.5, 0.6) is 23.0 Å². The van der Waals surface area contributed by atoms with Crippen molar-refractivity contribution in [2.24, 2.45) is 0 Å². The Hall–Kier alpha value is -2.70. The molecule has 1 N–H and O–H groups in total.